The predicted molar refractivity (Wildman–Crippen MR) is 140 cm³/mol. The van der Waals surface area contributed by atoms with Crippen LogP contribution in [0, 0.1) is 0 Å². The minimum absolute atomic E-state index is 0.275. The molecule has 0 saturated carbocycles. The second-order valence-corrected chi connectivity index (χ2v) is 7.86. The van der Waals surface area contributed by atoms with Crippen LogP contribution < -0.4 is 19.8 Å². The minimum atomic E-state index is -0.317. The molecule has 0 aliphatic carbocycles. The van der Waals surface area contributed by atoms with Crippen molar-refractivity contribution in [3.63, 3.8) is 0 Å². The first-order chi connectivity index (χ1) is 17.6. The molecule has 2 aromatic heterocycles. The molecule has 0 aliphatic heterocycles. The Bertz CT molecular complexity index is 1630. The first kappa shape index (κ1) is 23.2. The Hall–Kier alpha value is -4.59. The van der Waals surface area contributed by atoms with Gasteiger partial charge in [0.15, 0.2) is 5.76 Å². The zero-order valence-electron chi connectivity index (χ0n) is 20.2. The number of hydrogen-bond donors (Lipinski definition) is 0. The molecule has 0 bridgehead atoms. The van der Waals surface area contributed by atoms with Crippen LogP contribution in [-0.4, -0.2) is 36.2 Å². The zero-order valence-corrected chi connectivity index (χ0v) is 20.2. The third-order valence-corrected chi connectivity index (χ3v) is 5.62. The lowest BCUT2D eigenvalue weighted by Gasteiger charge is -2.11. The summed E-state index contributed by atoms with van der Waals surface area (Å²) in [6.07, 6.45) is 1.57. The van der Waals surface area contributed by atoms with Crippen molar-refractivity contribution in [3.8, 4) is 28.8 Å². The van der Waals surface area contributed by atoms with Gasteiger partial charge in [0.05, 0.1) is 42.8 Å². The average molecular weight is 484 g/mol. The number of ether oxygens (including phenoxy) is 3. The molecule has 0 fully saturated rings. The molecule has 0 aliphatic rings. The Morgan fingerprint density at radius 1 is 0.944 bits per heavy atom. The standard InChI is InChI=1S/C28H25N3O5/c1-4-34-19-14-13-18(25(15-19)35-5-2)17-29-31-27(30-22-10-7-6-9-20(22)28(31)32)26-16-21-23(33-3)11-8-12-24(21)36-26/h6-17H,4-5H2,1-3H3. The number of nitrogens with zero attached hydrogens (tertiary/aromatic N) is 3. The largest absolute Gasteiger partial charge is 0.496 e. The molecule has 36 heavy (non-hydrogen) atoms. The number of methoxy groups -OCH3 is 1. The van der Waals surface area contributed by atoms with Gasteiger partial charge >= 0.3 is 0 Å². The maximum absolute atomic E-state index is 13.5. The fraction of sp³-hybridized carbons (Fsp3) is 0.179. The molecule has 0 radical (unpaired) electrons. The summed E-state index contributed by atoms with van der Waals surface area (Å²) in [4.78, 5) is 18.3. The Labute approximate surface area is 207 Å². The topological polar surface area (TPSA) is 88.1 Å². The van der Waals surface area contributed by atoms with E-state index in [2.05, 4.69) is 5.10 Å². The molecule has 8 heteroatoms. The molecule has 5 aromatic rings. The van der Waals surface area contributed by atoms with Crippen LogP contribution in [0.3, 0.4) is 0 Å². The maximum Gasteiger partial charge on any atom is 0.282 e. The number of benzene rings is 3. The van der Waals surface area contributed by atoms with Gasteiger partial charge in [-0.05, 0) is 56.3 Å². The first-order valence-electron chi connectivity index (χ1n) is 11.7. The summed E-state index contributed by atoms with van der Waals surface area (Å²) in [5.74, 6) is 2.63. The molecule has 182 valence electrons. The Morgan fingerprint density at radius 2 is 1.78 bits per heavy atom. The third kappa shape index (κ3) is 4.29. The zero-order chi connectivity index (χ0) is 25.1. The van der Waals surface area contributed by atoms with E-state index in [4.69, 9.17) is 23.6 Å². The van der Waals surface area contributed by atoms with Crippen molar-refractivity contribution in [2.75, 3.05) is 20.3 Å². The van der Waals surface area contributed by atoms with Crippen LogP contribution in [0.15, 0.2) is 81.0 Å². The quantitative estimate of drug-likeness (QED) is 0.271. The fourth-order valence-electron chi connectivity index (χ4n) is 3.99. The van der Waals surface area contributed by atoms with Crippen molar-refractivity contribution in [1.82, 2.24) is 9.66 Å². The van der Waals surface area contributed by atoms with E-state index in [9.17, 15) is 4.79 Å². The van der Waals surface area contributed by atoms with E-state index in [0.717, 1.165) is 5.39 Å². The number of aromatic nitrogens is 2. The number of hydrogen-bond acceptors (Lipinski definition) is 7. The fourth-order valence-corrected chi connectivity index (χ4v) is 3.99. The number of para-hydroxylation sites is 1. The van der Waals surface area contributed by atoms with Crippen molar-refractivity contribution in [2.24, 2.45) is 5.10 Å². The molecule has 2 heterocycles. The normalized spacial score (nSPS) is 11.4. The minimum Gasteiger partial charge on any atom is -0.496 e. The maximum atomic E-state index is 13.5. The van der Waals surface area contributed by atoms with Crippen molar-refractivity contribution in [3.05, 3.63) is 82.6 Å². The van der Waals surface area contributed by atoms with Crippen LogP contribution >= 0.6 is 0 Å². The molecule has 0 saturated heterocycles. The summed E-state index contributed by atoms with van der Waals surface area (Å²) in [6.45, 7) is 4.84. The highest BCUT2D eigenvalue weighted by molar-refractivity contribution is 5.89. The smallest absolute Gasteiger partial charge is 0.282 e. The summed E-state index contributed by atoms with van der Waals surface area (Å²) in [6, 6.07) is 20.0. The summed E-state index contributed by atoms with van der Waals surface area (Å²) >= 11 is 0. The molecule has 0 spiro atoms. The van der Waals surface area contributed by atoms with Crippen LogP contribution in [0.5, 0.6) is 17.2 Å². The number of rotatable bonds is 8. The second-order valence-electron chi connectivity index (χ2n) is 7.86. The predicted octanol–water partition coefficient (Wildman–Crippen LogP) is 5.50. The SMILES string of the molecule is CCOc1ccc(C=Nn2c(-c3cc4c(OC)cccc4o3)nc3ccccc3c2=O)c(OCC)c1. The molecule has 0 N–H and O–H groups in total. The number of furan rings is 1. The van der Waals surface area contributed by atoms with Gasteiger partial charge in [-0.3, -0.25) is 4.79 Å². The average Bonchev–Trinajstić information content (AvgIpc) is 3.34. The molecule has 5 rings (SSSR count). The number of fused-ring (bicyclic) bond motifs is 2. The Kier molecular flexibility index (Phi) is 6.40. The third-order valence-electron chi connectivity index (χ3n) is 5.62. The lowest BCUT2D eigenvalue weighted by Crippen LogP contribution is -2.20. The monoisotopic (exact) mass is 483 g/mol. The van der Waals surface area contributed by atoms with Crippen LogP contribution in [0.25, 0.3) is 33.5 Å². The molecule has 0 amide bonds. The van der Waals surface area contributed by atoms with Gasteiger partial charge in [-0.25, -0.2) is 4.98 Å². The highest BCUT2D eigenvalue weighted by Crippen LogP contribution is 2.33. The van der Waals surface area contributed by atoms with E-state index in [1.54, 1.807) is 37.6 Å². The second kappa shape index (κ2) is 9.95. The van der Waals surface area contributed by atoms with Gasteiger partial charge in [-0.2, -0.15) is 9.78 Å². The van der Waals surface area contributed by atoms with Crippen LogP contribution in [0.4, 0.5) is 0 Å². The van der Waals surface area contributed by atoms with Gasteiger partial charge in [0.1, 0.15) is 22.8 Å². The highest BCUT2D eigenvalue weighted by atomic mass is 16.5. The summed E-state index contributed by atoms with van der Waals surface area (Å²) < 4.78 is 24.2. The van der Waals surface area contributed by atoms with E-state index >= 15 is 0 Å². The van der Waals surface area contributed by atoms with Gasteiger partial charge in [-0.1, -0.05) is 18.2 Å². The van der Waals surface area contributed by atoms with Crippen molar-refractivity contribution < 1.29 is 18.6 Å². The molecule has 0 atom stereocenters. The van der Waals surface area contributed by atoms with E-state index in [1.807, 2.05) is 56.3 Å². The summed E-state index contributed by atoms with van der Waals surface area (Å²) in [5.41, 5.74) is 1.54. The van der Waals surface area contributed by atoms with Crippen molar-refractivity contribution in [2.45, 2.75) is 13.8 Å². The summed E-state index contributed by atoms with van der Waals surface area (Å²) in [5, 5.41) is 5.76. The molecular weight excluding hydrogens is 458 g/mol. The van der Waals surface area contributed by atoms with Gasteiger partial charge < -0.3 is 18.6 Å². The molecular formula is C28H25N3O5. The highest BCUT2D eigenvalue weighted by Gasteiger charge is 2.18. The van der Waals surface area contributed by atoms with Crippen molar-refractivity contribution >= 4 is 28.1 Å². The van der Waals surface area contributed by atoms with Gasteiger partial charge in [-0.15, -0.1) is 0 Å². The lowest BCUT2D eigenvalue weighted by molar-refractivity contribution is 0.323. The Morgan fingerprint density at radius 3 is 2.58 bits per heavy atom. The van der Waals surface area contributed by atoms with E-state index in [-0.39, 0.29) is 11.4 Å². The molecule has 0 unspecified atom stereocenters. The molecule has 8 nitrogen and oxygen atoms in total. The van der Waals surface area contributed by atoms with Crippen LogP contribution in [0.1, 0.15) is 19.4 Å². The van der Waals surface area contributed by atoms with Gasteiger partial charge in [0.2, 0.25) is 5.82 Å². The van der Waals surface area contributed by atoms with E-state index in [1.165, 1.54) is 4.68 Å². The van der Waals surface area contributed by atoms with Crippen LogP contribution in [-0.2, 0) is 0 Å². The molecule has 3 aromatic carbocycles. The lowest BCUT2D eigenvalue weighted by atomic mass is 10.2. The Balaban J connectivity index is 1.68. The van der Waals surface area contributed by atoms with Gasteiger partial charge in [0, 0.05) is 11.6 Å². The van der Waals surface area contributed by atoms with Gasteiger partial charge in [0.25, 0.3) is 5.56 Å². The van der Waals surface area contributed by atoms with Crippen LogP contribution in [0.2, 0.25) is 0 Å². The summed E-state index contributed by atoms with van der Waals surface area (Å²) in [7, 11) is 1.60. The van der Waals surface area contributed by atoms with E-state index < -0.39 is 0 Å². The first-order valence-corrected chi connectivity index (χ1v) is 11.7. The van der Waals surface area contributed by atoms with Crippen molar-refractivity contribution in [1.29, 1.82) is 0 Å². The van der Waals surface area contributed by atoms with E-state index in [0.29, 0.717) is 58.3 Å².